The van der Waals surface area contributed by atoms with Crippen molar-refractivity contribution >= 4 is 17.2 Å². The van der Waals surface area contributed by atoms with E-state index in [4.69, 9.17) is 22.7 Å². The number of aromatic nitrogens is 1. The molecule has 1 aliphatic heterocycles. The Balaban J connectivity index is 1.93. The molecule has 6 heteroatoms. The molecule has 1 atom stereocenters. The number of pyridine rings is 1. The first kappa shape index (κ1) is 16.0. The SMILES string of the molecule is CC(Cn1cccc(OCCN2CCCC2)c1=O)C(N)=S. The average molecular weight is 309 g/mol. The number of nitrogens with two attached hydrogens (primary N) is 1. The van der Waals surface area contributed by atoms with Gasteiger partial charge >= 0.3 is 0 Å². The summed E-state index contributed by atoms with van der Waals surface area (Å²) in [6.45, 7) is 6.08. The van der Waals surface area contributed by atoms with E-state index in [1.165, 1.54) is 12.8 Å². The van der Waals surface area contributed by atoms with Crippen molar-refractivity contribution in [3.8, 4) is 5.75 Å². The van der Waals surface area contributed by atoms with Gasteiger partial charge in [0, 0.05) is 25.2 Å². The summed E-state index contributed by atoms with van der Waals surface area (Å²) in [7, 11) is 0. The molecule has 1 unspecified atom stereocenters. The summed E-state index contributed by atoms with van der Waals surface area (Å²) in [4.78, 5) is 15.1. The molecule has 0 saturated carbocycles. The number of hydrogen-bond acceptors (Lipinski definition) is 4. The third-order valence-corrected chi connectivity index (χ3v) is 4.21. The Bertz CT molecular complexity index is 538. The van der Waals surface area contributed by atoms with Gasteiger partial charge in [-0.15, -0.1) is 0 Å². The van der Waals surface area contributed by atoms with Crippen molar-refractivity contribution in [1.29, 1.82) is 0 Å². The molecule has 1 aliphatic rings. The number of rotatable bonds is 7. The van der Waals surface area contributed by atoms with Crippen LogP contribution < -0.4 is 16.0 Å². The molecular formula is C15H23N3O2S. The van der Waals surface area contributed by atoms with Crippen LogP contribution >= 0.6 is 12.2 Å². The van der Waals surface area contributed by atoms with Gasteiger partial charge in [-0.2, -0.15) is 0 Å². The molecular weight excluding hydrogens is 286 g/mol. The monoisotopic (exact) mass is 309 g/mol. The standard InChI is InChI=1S/C15H23N3O2S/c1-12(14(16)21)11-18-8-4-5-13(15(18)19)20-10-9-17-6-2-3-7-17/h4-5,8,12H,2-3,6-7,9-11H2,1H3,(H2,16,21). The highest BCUT2D eigenvalue weighted by atomic mass is 32.1. The highest BCUT2D eigenvalue weighted by Gasteiger charge is 2.12. The second-order valence-corrected chi connectivity index (χ2v) is 6.00. The lowest BCUT2D eigenvalue weighted by Gasteiger charge is -2.16. The molecule has 2 N–H and O–H groups in total. The third-order valence-electron chi connectivity index (χ3n) is 3.81. The lowest BCUT2D eigenvalue weighted by molar-refractivity contribution is 0.234. The minimum atomic E-state index is -0.123. The Morgan fingerprint density at radius 1 is 1.48 bits per heavy atom. The van der Waals surface area contributed by atoms with Gasteiger partial charge in [0.2, 0.25) is 0 Å². The van der Waals surface area contributed by atoms with E-state index >= 15 is 0 Å². The fraction of sp³-hybridized carbons (Fsp3) is 0.600. The van der Waals surface area contributed by atoms with Crippen LogP contribution in [0.2, 0.25) is 0 Å². The normalized spacial score (nSPS) is 16.8. The number of thiocarbonyl (C=S) groups is 1. The molecule has 0 radical (unpaired) electrons. The summed E-state index contributed by atoms with van der Waals surface area (Å²) >= 11 is 4.95. The van der Waals surface area contributed by atoms with Crippen molar-refractivity contribution in [1.82, 2.24) is 9.47 Å². The van der Waals surface area contributed by atoms with Gasteiger partial charge in [-0.3, -0.25) is 9.69 Å². The first-order chi connectivity index (χ1) is 10.1. The van der Waals surface area contributed by atoms with E-state index in [0.717, 1.165) is 19.6 Å². The predicted octanol–water partition coefficient (Wildman–Crippen LogP) is 1.25. The summed E-state index contributed by atoms with van der Waals surface area (Å²) in [5.74, 6) is 0.379. The van der Waals surface area contributed by atoms with Gasteiger partial charge < -0.3 is 15.0 Å². The van der Waals surface area contributed by atoms with Crippen LogP contribution in [0, 0.1) is 5.92 Å². The molecule has 116 valence electrons. The van der Waals surface area contributed by atoms with E-state index in [2.05, 4.69) is 4.90 Å². The molecule has 21 heavy (non-hydrogen) atoms. The summed E-state index contributed by atoms with van der Waals surface area (Å²) in [6.07, 6.45) is 4.26. The van der Waals surface area contributed by atoms with Gasteiger partial charge in [-0.05, 0) is 38.1 Å². The average Bonchev–Trinajstić information content (AvgIpc) is 2.96. The maximum atomic E-state index is 12.3. The predicted molar refractivity (Wildman–Crippen MR) is 87.8 cm³/mol. The van der Waals surface area contributed by atoms with Gasteiger partial charge in [0.15, 0.2) is 5.75 Å². The maximum Gasteiger partial charge on any atom is 0.292 e. The van der Waals surface area contributed by atoms with E-state index in [-0.39, 0.29) is 11.5 Å². The molecule has 0 aromatic carbocycles. The molecule has 1 aromatic rings. The van der Waals surface area contributed by atoms with Crippen LogP contribution in [0.5, 0.6) is 5.75 Å². The third kappa shape index (κ3) is 4.54. The van der Waals surface area contributed by atoms with Crippen LogP contribution in [0.4, 0.5) is 0 Å². The fourth-order valence-electron chi connectivity index (χ4n) is 2.44. The van der Waals surface area contributed by atoms with Crippen LogP contribution in [0.25, 0.3) is 0 Å². The Labute approximate surface area is 130 Å². The largest absolute Gasteiger partial charge is 0.487 e. The number of likely N-dealkylation sites (tertiary alicyclic amines) is 1. The molecule has 0 bridgehead atoms. The molecule has 1 aromatic heterocycles. The van der Waals surface area contributed by atoms with Crippen molar-refractivity contribution in [2.75, 3.05) is 26.2 Å². The number of nitrogens with zero attached hydrogens (tertiary/aromatic N) is 2. The summed E-state index contributed by atoms with van der Waals surface area (Å²) in [5.41, 5.74) is 5.48. The van der Waals surface area contributed by atoms with E-state index in [9.17, 15) is 4.79 Å². The summed E-state index contributed by atoms with van der Waals surface area (Å²) in [5, 5.41) is 0. The minimum Gasteiger partial charge on any atom is -0.487 e. The Kier molecular flexibility index (Phi) is 5.76. The highest BCUT2D eigenvalue weighted by molar-refractivity contribution is 7.80. The molecule has 5 nitrogen and oxygen atoms in total. The lowest BCUT2D eigenvalue weighted by atomic mass is 10.2. The zero-order valence-corrected chi connectivity index (χ0v) is 13.3. The van der Waals surface area contributed by atoms with E-state index < -0.39 is 0 Å². The molecule has 2 heterocycles. The fourth-order valence-corrected chi connectivity index (χ4v) is 2.52. The van der Waals surface area contributed by atoms with Crippen molar-refractivity contribution in [3.63, 3.8) is 0 Å². The second kappa shape index (κ2) is 7.56. The Morgan fingerprint density at radius 2 is 2.19 bits per heavy atom. The van der Waals surface area contributed by atoms with Gasteiger partial charge in [0.05, 0.1) is 4.99 Å². The molecule has 0 aliphatic carbocycles. The molecule has 0 amide bonds. The van der Waals surface area contributed by atoms with E-state index in [0.29, 0.717) is 23.9 Å². The summed E-state index contributed by atoms with van der Waals surface area (Å²) < 4.78 is 7.25. The minimum absolute atomic E-state index is 0.0162. The zero-order chi connectivity index (χ0) is 15.2. The molecule has 1 saturated heterocycles. The van der Waals surface area contributed by atoms with Gasteiger partial charge in [-0.25, -0.2) is 0 Å². The highest BCUT2D eigenvalue weighted by Crippen LogP contribution is 2.08. The lowest BCUT2D eigenvalue weighted by Crippen LogP contribution is -2.30. The van der Waals surface area contributed by atoms with Gasteiger partial charge in [-0.1, -0.05) is 19.1 Å². The van der Waals surface area contributed by atoms with Crippen LogP contribution in [-0.2, 0) is 6.54 Å². The van der Waals surface area contributed by atoms with Crippen molar-refractivity contribution < 1.29 is 4.74 Å². The van der Waals surface area contributed by atoms with Crippen molar-refractivity contribution in [3.05, 3.63) is 28.7 Å². The van der Waals surface area contributed by atoms with Gasteiger partial charge in [0.1, 0.15) is 6.61 Å². The van der Waals surface area contributed by atoms with Crippen molar-refractivity contribution in [2.45, 2.75) is 26.3 Å². The topological polar surface area (TPSA) is 60.5 Å². The second-order valence-electron chi connectivity index (χ2n) is 5.53. The maximum absolute atomic E-state index is 12.3. The van der Waals surface area contributed by atoms with E-state index in [1.807, 2.05) is 13.0 Å². The molecule has 2 rings (SSSR count). The molecule has 0 spiro atoms. The number of hydrogen-bond donors (Lipinski definition) is 1. The Hall–Kier alpha value is -1.40. The van der Waals surface area contributed by atoms with Gasteiger partial charge in [0.25, 0.3) is 5.56 Å². The van der Waals surface area contributed by atoms with E-state index in [1.54, 1.807) is 16.8 Å². The Morgan fingerprint density at radius 3 is 2.86 bits per heavy atom. The van der Waals surface area contributed by atoms with Crippen LogP contribution in [0.3, 0.4) is 0 Å². The van der Waals surface area contributed by atoms with Crippen LogP contribution in [-0.4, -0.2) is 40.7 Å². The quantitative estimate of drug-likeness (QED) is 0.768. The zero-order valence-electron chi connectivity index (χ0n) is 12.5. The first-order valence-electron chi connectivity index (χ1n) is 7.42. The van der Waals surface area contributed by atoms with Crippen LogP contribution in [0.15, 0.2) is 23.1 Å². The summed E-state index contributed by atoms with van der Waals surface area (Å²) in [6, 6.07) is 3.53. The van der Waals surface area contributed by atoms with Crippen molar-refractivity contribution in [2.24, 2.45) is 11.7 Å². The first-order valence-corrected chi connectivity index (χ1v) is 7.82. The van der Waals surface area contributed by atoms with Crippen LogP contribution in [0.1, 0.15) is 19.8 Å². The number of ether oxygens (including phenoxy) is 1. The smallest absolute Gasteiger partial charge is 0.292 e. The molecule has 1 fully saturated rings.